The number of aryl methyl sites for hydroxylation is 1. The van der Waals surface area contributed by atoms with Gasteiger partial charge in [-0.25, -0.2) is 8.42 Å². The fourth-order valence-corrected chi connectivity index (χ4v) is 5.49. The molecule has 0 atom stereocenters. The predicted octanol–water partition coefficient (Wildman–Crippen LogP) is 2.65. The first-order valence-electron chi connectivity index (χ1n) is 8.18. The van der Waals surface area contributed by atoms with Gasteiger partial charge in [0, 0.05) is 36.9 Å². The van der Waals surface area contributed by atoms with Gasteiger partial charge in [0.2, 0.25) is 5.91 Å². The van der Waals surface area contributed by atoms with Gasteiger partial charge in [-0.15, -0.1) is 11.3 Å². The molecule has 1 aliphatic rings. The number of hydrogen-bond acceptors (Lipinski definition) is 5. The number of carbonyl (C=O) groups excluding carboxylic acids is 1. The van der Waals surface area contributed by atoms with Crippen LogP contribution in [0.25, 0.3) is 0 Å². The second kappa shape index (κ2) is 8.06. The molecule has 0 spiro atoms. The SMILES string of the molecule is Cc1ccc(NC(=O)CN2CCN(S(=O)(=O)c3cccs3)CC2)cc1Cl. The van der Waals surface area contributed by atoms with Crippen LogP contribution in [0.15, 0.2) is 39.9 Å². The Balaban J connectivity index is 1.52. The van der Waals surface area contributed by atoms with Crippen molar-refractivity contribution in [2.24, 2.45) is 0 Å². The average molecular weight is 414 g/mol. The Morgan fingerprint density at radius 2 is 1.96 bits per heavy atom. The Morgan fingerprint density at radius 1 is 1.23 bits per heavy atom. The first kappa shape index (κ1) is 19.3. The van der Waals surface area contributed by atoms with Crippen molar-refractivity contribution < 1.29 is 13.2 Å². The second-order valence-corrected chi connectivity index (χ2v) is 9.64. The summed E-state index contributed by atoms with van der Waals surface area (Å²) in [4.78, 5) is 14.2. The van der Waals surface area contributed by atoms with E-state index in [0.29, 0.717) is 41.1 Å². The Bertz CT molecular complexity index is 877. The molecule has 2 heterocycles. The highest BCUT2D eigenvalue weighted by Crippen LogP contribution is 2.22. The molecule has 1 aromatic carbocycles. The van der Waals surface area contributed by atoms with Crippen LogP contribution in [0.3, 0.4) is 0 Å². The quantitative estimate of drug-likeness (QED) is 0.818. The average Bonchev–Trinajstić information content (AvgIpc) is 3.14. The maximum atomic E-state index is 12.5. The standard InChI is InChI=1S/C17H20ClN3O3S2/c1-13-4-5-14(11-15(13)18)19-16(22)12-20-6-8-21(9-7-20)26(23,24)17-3-2-10-25-17/h2-5,10-11H,6-9,12H2,1H3,(H,19,22). The molecule has 3 rings (SSSR count). The van der Waals surface area contributed by atoms with E-state index in [-0.39, 0.29) is 12.5 Å². The first-order chi connectivity index (χ1) is 12.4. The number of halogens is 1. The number of anilines is 1. The summed E-state index contributed by atoms with van der Waals surface area (Å²) < 4.78 is 26.8. The van der Waals surface area contributed by atoms with E-state index in [0.717, 1.165) is 5.56 Å². The molecule has 2 aromatic rings. The number of carbonyl (C=O) groups is 1. The minimum absolute atomic E-state index is 0.139. The molecular weight excluding hydrogens is 394 g/mol. The Hall–Kier alpha value is -1.45. The van der Waals surface area contributed by atoms with Crippen molar-refractivity contribution in [3.63, 3.8) is 0 Å². The molecule has 1 saturated heterocycles. The number of sulfonamides is 1. The van der Waals surface area contributed by atoms with E-state index in [1.807, 2.05) is 24.0 Å². The van der Waals surface area contributed by atoms with Gasteiger partial charge in [0.15, 0.2) is 0 Å². The summed E-state index contributed by atoms with van der Waals surface area (Å²) in [7, 11) is -3.42. The molecule has 0 aliphatic carbocycles. The van der Waals surface area contributed by atoms with Gasteiger partial charge in [-0.1, -0.05) is 23.7 Å². The number of rotatable bonds is 5. The third-order valence-corrected chi connectivity index (χ3v) is 7.92. The van der Waals surface area contributed by atoms with Crippen molar-refractivity contribution >= 4 is 44.6 Å². The van der Waals surface area contributed by atoms with E-state index >= 15 is 0 Å². The smallest absolute Gasteiger partial charge is 0.252 e. The van der Waals surface area contributed by atoms with Crippen molar-refractivity contribution in [2.75, 3.05) is 38.0 Å². The third-order valence-electron chi connectivity index (χ3n) is 4.24. The molecule has 140 valence electrons. The summed E-state index contributed by atoms with van der Waals surface area (Å²) in [6, 6.07) is 8.74. The molecule has 6 nitrogen and oxygen atoms in total. The van der Waals surface area contributed by atoms with Crippen molar-refractivity contribution in [2.45, 2.75) is 11.1 Å². The van der Waals surface area contributed by atoms with Gasteiger partial charge >= 0.3 is 0 Å². The van der Waals surface area contributed by atoms with E-state index in [4.69, 9.17) is 11.6 Å². The molecule has 0 bridgehead atoms. The molecule has 1 fully saturated rings. The van der Waals surface area contributed by atoms with E-state index < -0.39 is 10.0 Å². The van der Waals surface area contributed by atoms with Crippen molar-refractivity contribution in [3.05, 3.63) is 46.3 Å². The molecule has 1 aliphatic heterocycles. The third kappa shape index (κ3) is 4.44. The number of piperazine rings is 1. The van der Waals surface area contributed by atoms with Crippen LogP contribution in [0.4, 0.5) is 5.69 Å². The van der Waals surface area contributed by atoms with Crippen LogP contribution in [0.2, 0.25) is 5.02 Å². The van der Waals surface area contributed by atoms with Crippen LogP contribution >= 0.6 is 22.9 Å². The lowest BCUT2D eigenvalue weighted by Gasteiger charge is -2.33. The maximum Gasteiger partial charge on any atom is 0.252 e. The van der Waals surface area contributed by atoms with Crippen molar-refractivity contribution in [1.29, 1.82) is 0 Å². The molecule has 9 heteroatoms. The normalized spacial score (nSPS) is 16.5. The first-order valence-corrected chi connectivity index (χ1v) is 10.9. The van der Waals surface area contributed by atoms with Crippen molar-refractivity contribution in [3.8, 4) is 0 Å². The molecule has 1 aromatic heterocycles. The minimum atomic E-state index is -3.42. The molecule has 0 saturated carbocycles. The lowest BCUT2D eigenvalue weighted by Crippen LogP contribution is -2.50. The van der Waals surface area contributed by atoms with Gasteiger partial charge in [0.1, 0.15) is 4.21 Å². The summed E-state index contributed by atoms with van der Waals surface area (Å²) in [6.45, 7) is 3.92. The lowest BCUT2D eigenvalue weighted by molar-refractivity contribution is -0.117. The number of amides is 1. The number of benzene rings is 1. The fraction of sp³-hybridized carbons (Fsp3) is 0.353. The van der Waals surface area contributed by atoms with E-state index in [2.05, 4.69) is 5.32 Å². The number of hydrogen-bond donors (Lipinski definition) is 1. The van der Waals surface area contributed by atoms with Gasteiger partial charge in [-0.2, -0.15) is 4.31 Å². The highest BCUT2D eigenvalue weighted by molar-refractivity contribution is 7.91. The number of nitrogens with one attached hydrogen (secondary N) is 1. The van der Waals surface area contributed by atoms with E-state index in [9.17, 15) is 13.2 Å². The highest BCUT2D eigenvalue weighted by Gasteiger charge is 2.29. The second-order valence-electron chi connectivity index (χ2n) is 6.12. The summed E-state index contributed by atoms with van der Waals surface area (Å²) in [6.07, 6.45) is 0. The predicted molar refractivity (Wildman–Crippen MR) is 104 cm³/mol. The van der Waals surface area contributed by atoms with Crippen LogP contribution < -0.4 is 5.32 Å². The zero-order valence-electron chi connectivity index (χ0n) is 14.3. The molecule has 26 heavy (non-hydrogen) atoms. The minimum Gasteiger partial charge on any atom is -0.325 e. The van der Waals surface area contributed by atoms with Gasteiger partial charge in [-0.3, -0.25) is 9.69 Å². The zero-order valence-corrected chi connectivity index (χ0v) is 16.7. The van der Waals surface area contributed by atoms with Crippen LogP contribution in [-0.4, -0.2) is 56.3 Å². The van der Waals surface area contributed by atoms with Gasteiger partial charge in [-0.05, 0) is 36.1 Å². The van der Waals surface area contributed by atoms with Gasteiger partial charge < -0.3 is 5.32 Å². The highest BCUT2D eigenvalue weighted by atomic mass is 35.5. The Morgan fingerprint density at radius 3 is 2.58 bits per heavy atom. The van der Waals surface area contributed by atoms with Crippen LogP contribution in [0.5, 0.6) is 0 Å². The fourth-order valence-electron chi connectivity index (χ4n) is 2.74. The monoisotopic (exact) mass is 413 g/mol. The van der Waals surface area contributed by atoms with E-state index in [1.54, 1.807) is 23.6 Å². The summed E-state index contributed by atoms with van der Waals surface area (Å²) in [5.74, 6) is -0.139. The summed E-state index contributed by atoms with van der Waals surface area (Å²) >= 11 is 7.29. The van der Waals surface area contributed by atoms with Crippen LogP contribution in [0, 0.1) is 6.92 Å². The maximum absolute atomic E-state index is 12.5. The number of thiophene rings is 1. The molecular formula is C17H20ClN3O3S2. The lowest BCUT2D eigenvalue weighted by atomic mass is 10.2. The van der Waals surface area contributed by atoms with E-state index in [1.165, 1.54) is 15.6 Å². The Labute approximate surface area is 162 Å². The summed E-state index contributed by atoms with van der Waals surface area (Å²) in [5.41, 5.74) is 1.61. The molecule has 1 amide bonds. The summed E-state index contributed by atoms with van der Waals surface area (Å²) in [5, 5.41) is 5.19. The molecule has 0 unspecified atom stereocenters. The van der Waals surface area contributed by atoms with Gasteiger partial charge in [0.25, 0.3) is 10.0 Å². The topological polar surface area (TPSA) is 69.7 Å². The van der Waals surface area contributed by atoms with Crippen LogP contribution in [0.1, 0.15) is 5.56 Å². The molecule has 0 radical (unpaired) electrons. The zero-order chi connectivity index (χ0) is 18.7. The Kier molecular flexibility index (Phi) is 5.99. The van der Waals surface area contributed by atoms with Crippen LogP contribution in [-0.2, 0) is 14.8 Å². The van der Waals surface area contributed by atoms with Crippen molar-refractivity contribution in [1.82, 2.24) is 9.21 Å². The molecule has 1 N–H and O–H groups in total. The largest absolute Gasteiger partial charge is 0.325 e. The van der Waals surface area contributed by atoms with Gasteiger partial charge in [0.05, 0.1) is 6.54 Å². The number of nitrogens with zero attached hydrogens (tertiary/aromatic N) is 2.